The Labute approximate surface area is 153 Å². The van der Waals surface area contributed by atoms with E-state index in [0.29, 0.717) is 25.9 Å². The molecule has 25 heavy (non-hydrogen) atoms. The van der Waals surface area contributed by atoms with E-state index in [2.05, 4.69) is 19.1 Å². The van der Waals surface area contributed by atoms with Gasteiger partial charge in [-0.05, 0) is 32.1 Å². The van der Waals surface area contributed by atoms with Crippen molar-refractivity contribution in [2.45, 2.75) is 90.4 Å². The summed E-state index contributed by atoms with van der Waals surface area (Å²) in [4.78, 5) is 23.3. The van der Waals surface area contributed by atoms with Crippen molar-refractivity contribution in [3.05, 3.63) is 12.2 Å². The minimum atomic E-state index is -0.865. The van der Waals surface area contributed by atoms with Gasteiger partial charge in [0.1, 0.15) is 0 Å². The third-order valence-corrected chi connectivity index (χ3v) is 5.06. The molecule has 0 aromatic carbocycles. The van der Waals surface area contributed by atoms with Crippen LogP contribution in [0.2, 0.25) is 0 Å². The largest absolute Gasteiger partial charge is 0.481 e. The lowest BCUT2D eigenvalue weighted by molar-refractivity contribution is -0.159. The first kappa shape index (κ1) is 21.7. The molecule has 0 amide bonds. The van der Waals surface area contributed by atoms with Gasteiger partial charge in [0.15, 0.2) is 0 Å². The van der Waals surface area contributed by atoms with E-state index in [1.54, 1.807) is 0 Å². The van der Waals surface area contributed by atoms with Crippen molar-refractivity contribution in [2.75, 3.05) is 6.61 Å². The molecule has 1 rings (SSSR count). The van der Waals surface area contributed by atoms with Crippen LogP contribution in [0.5, 0.6) is 0 Å². The van der Waals surface area contributed by atoms with Crippen molar-refractivity contribution in [1.29, 1.82) is 0 Å². The van der Waals surface area contributed by atoms with Crippen molar-refractivity contribution < 1.29 is 19.4 Å². The van der Waals surface area contributed by atoms with Crippen molar-refractivity contribution >= 4 is 11.9 Å². The Hall–Kier alpha value is -1.32. The van der Waals surface area contributed by atoms with Crippen LogP contribution in [0, 0.1) is 11.8 Å². The minimum Gasteiger partial charge on any atom is -0.481 e. The highest BCUT2D eigenvalue weighted by molar-refractivity contribution is 5.81. The summed E-state index contributed by atoms with van der Waals surface area (Å²) in [5.74, 6) is -2.21. The van der Waals surface area contributed by atoms with Gasteiger partial charge in [0.05, 0.1) is 18.4 Å². The van der Waals surface area contributed by atoms with Gasteiger partial charge >= 0.3 is 11.9 Å². The average molecular weight is 353 g/mol. The number of rotatable bonds is 13. The predicted octanol–water partition coefficient (Wildman–Crippen LogP) is 5.51. The molecule has 0 heterocycles. The lowest BCUT2D eigenvalue weighted by atomic mass is 9.79. The minimum absolute atomic E-state index is 0.326. The highest BCUT2D eigenvalue weighted by Crippen LogP contribution is 2.31. The number of ether oxygens (including phenoxy) is 1. The monoisotopic (exact) mass is 352 g/mol. The van der Waals surface area contributed by atoms with Gasteiger partial charge in [-0.25, -0.2) is 0 Å². The quantitative estimate of drug-likeness (QED) is 0.270. The molecular formula is C21H36O4. The number of carbonyl (C=O) groups is 2. The van der Waals surface area contributed by atoms with Crippen molar-refractivity contribution in [3.8, 4) is 0 Å². The number of hydrogen-bond donors (Lipinski definition) is 1. The second kappa shape index (κ2) is 13.9. The lowest BCUT2D eigenvalue weighted by Gasteiger charge is -2.26. The molecule has 0 bridgehead atoms. The van der Waals surface area contributed by atoms with E-state index in [0.717, 1.165) is 19.3 Å². The third kappa shape index (κ3) is 9.66. The fraction of sp³-hybridized carbons (Fsp3) is 0.810. The molecule has 144 valence electrons. The zero-order valence-corrected chi connectivity index (χ0v) is 15.9. The normalized spacial score (nSPS) is 20.7. The number of allylic oxidation sites excluding steroid dienone is 1. The van der Waals surface area contributed by atoms with E-state index in [1.165, 1.54) is 44.9 Å². The fourth-order valence-corrected chi connectivity index (χ4v) is 3.50. The molecule has 0 spiro atoms. The Balaban J connectivity index is 2.04. The molecular weight excluding hydrogens is 316 g/mol. The highest BCUT2D eigenvalue weighted by atomic mass is 16.5. The summed E-state index contributed by atoms with van der Waals surface area (Å²) in [6.07, 6.45) is 18.3. The van der Waals surface area contributed by atoms with Crippen LogP contribution in [-0.2, 0) is 14.3 Å². The van der Waals surface area contributed by atoms with Crippen LogP contribution in [0.15, 0.2) is 12.2 Å². The molecule has 1 saturated carbocycles. The lowest BCUT2D eigenvalue weighted by Crippen LogP contribution is -2.33. The summed E-state index contributed by atoms with van der Waals surface area (Å²) >= 11 is 0. The topological polar surface area (TPSA) is 63.6 Å². The maximum Gasteiger partial charge on any atom is 0.309 e. The molecule has 2 atom stereocenters. The second-order valence-electron chi connectivity index (χ2n) is 7.17. The number of carboxylic acids is 1. The number of carbonyl (C=O) groups excluding carboxylic acids is 1. The van der Waals surface area contributed by atoms with Crippen molar-refractivity contribution in [2.24, 2.45) is 11.8 Å². The van der Waals surface area contributed by atoms with Crippen LogP contribution >= 0.6 is 0 Å². The third-order valence-electron chi connectivity index (χ3n) is 5.06. The summed E-state index contributed by atoms with van der Waals surface area (Å²) in [6, 6.07) is 0. The average Bonchev–Trinajstić information content (AvgIpc) is 2.62. The molecule has 4 nitrogen and oxygen atoms in total. The van der Waals surface area contributed by atoms with Crippen LogP contribution in [0.3, 0.4) is 0 Å². The zero-order valence-electron chi connectivity index (χ0n) is 15.9. The van der Waals surface area contributed by atoms with E-state index >= 15 is 0 Å². The summed E-state index contributed by atoms with van der Waals surface area (Å²) in [5.41, 5.74) is 0. The van der Waals surface area contributed by atoms with Gasteiger partial charge in [0.2, 0.25) is 0 Å². The maximum atomic E-state index is 12.1. The number of carboxylic acid groups (broad SMARTS) is 1. The molecule has 1 aliphatic carbocycles. The Morgan fingerprint density at radius 3 is 2.20 bits per heavy atom. The molecule has 1 N–H and O–H groups in total. The van der Waals surface area contributed by atoms with Crippen LogP contribution in [0.1, 0.15) is 90.4 Å². The van der Waals surface area contributed by atoms with E-state index < -0.39 is 17.8 Å². The van der Waals surface area contributed by atoms with Crippen molar-refractivity contribution in [1.82, 2.24) is 0 Å². The second-order valence-corrected chi connectivity index (χ2v) is 7.17. The molecule has 2 unspecified atom stereocenters. The van der Waals surface area contributed by atoms with Crippen LogP contribution in [0.4, 0.5) is 0 Å². The maximum absolute atomic E-state index is 12.1. The SMILES string of the molecule is CCCCCCCCC/C=C/CCOC(=O)C1CCCCC1C(=O)O. The fourth-order valence-electron chi connectivity index (χ4n) is 3.50. The van der Waals surface area contributed by atoms with E-state index in [1.807, 2.05) is 0 Å². The Bertz CT molecular complexity index is 403. The first-order chi connectivity index (χ1) is 12.2. The van der Waals surface area contributed by atoms with Gasteiger partial charge in [-0.15, -0.1) is 0 Å². The zero-order chi connectivity index (χ0) is 18.3. The molecule has 1 fully saturated rings. The Kier molecular flexibility index (Phi) is 12.1. The molecule has 0 aromatic heterocycles. The summed E-state index contributed by atoms with van der Waals surface area (Å²) in [7, 11) is 0. The Morgan fingerprint density at radius 2 is 1.52 bits per heavy atom. The highest BCUT2D eigenvalue weighted by Gasteiger charge is 2.36. The summed E-state index contributed by atoms with van der Waals surface area (Å²) in [5, 5.41) is 9.21. The Morgan fingerprint density at radius 1 is 0.920 bits per heavy atom. The van der Waals surface area contributed by atoms with Gasteiger partial charge < -0.3 is 9.84 Å². The predicted molar refractivity (Wildman–Crippen MR) is 100 cm³/mol. The molecule has 4 heteroatoms. The number of hydrogen-bond acceptors (Lipinski definition) is 3. The van der Waals surface area contributed by atoms with Crippen LogP contribution in [0.25, 0.3) is 0 Å². The van der Waals surface area contributed by atoms with Gasteiger partial charge in [-0.2, -0.15) is 0 Å². The molecule has 1 aliphatic rings. The van der Waals surface area contributed by atoms with Gasteiger partial charge in [0, 0.05) is 0 Å². The molecule has 0 radical (unpaired) electrons. The molecule has 0 aromatic rings. The summed E-state index contributed by atoms with van der Waals surface area (Å²) in [6.45, 7) is 2.59. The number of esters is 1. The van der Waals surface area contributed by atoms with E-state index in [4.69, 9.17) is 4.74 Å². The van der Waals surface area contributed by atoms with Crippen LogP contribution in [-0.4, -0.2) is 23.7 Å². The van der Waals surface area contributed by atoms with Crippen molar-refractivity contribution in [3.63, 3.8) is 0 Å². The molecule has 0 aliphatic heterocycles. The standard InChI is InChI=1S/C21H36O4/c1-2-3-4-5-6-7-8-9-10-11-14-17-25-21(24)19-16-13-12-15-18(19)20(22)23/h10-11,18-19H,2-9,12-17H2,1H3,(H,22,23)/b11-10+. The van der Waals surface area contributed by atoms with Crippen LogP contribution < -0.4 is 0 Å². The van der Waals surface area contributed by atoms with E-state index in [9.17, 15) is 14.7 Å². The summed E-state index contributed by atoms with van der Waals surface area (Å²) < 4.78 is 5.29. The van der Waals surface area contributed by atoms with Gasteiger partial charge in [-0.3, -0.25) is 9.59 Å². The van der Waals surface area contributed by atoms with Gasteiger partial charge in [-0.1, -0.05) is 70.4 Å². The number of unbranched alkanes of at least 4 members (excludes halogenated alkanes) is 7. The van der Waals surface area contributed by atoms with E-state index in [-0.39, 0.29) is 5.97 Å². The van der Waals surface area contributed by atoms with Gasteiger partial charge in [0.25, 0.3) is 0 Å². The first-order valence-corrected chi connectivity index (χ1v) is 10.2. The first-order valence-electron chi connectivity index (χ1n) is 10.2. The smallest absolute Gasteiger partial charge is 0.309 e. The molecule has 0 saturated heterocycles. The number of aliphatic carboxylic acids is 1.